The van der Waals surface area contributed by atoms with E-state index in [0.29, 0.717) is 5.56 Å². The Bertz CT molecular complexity index is 380. The highest BCUT2D eigenvalue weighted by Crippen LogP contribution is 2.21. The van der Waals surface area contributed by atoms with Gasteiger partial charge >= 0.3 is 0 Å². The van der Waals surface area contributed by atoms with Crippen molar-refractivity contribution in [3.05, 3.63) is 32.7 Å². The second kappa shape index (κ2) is 7.88. The maximum absolute atomic E-state index is 11.9. The third kappa shape index (κ3) is 5.21. The second-order valence-corrected chi connectivity index (χ2v) is 5.71. The van der Waals surface area contributed by atoms with E-state index in [1.165, 1.54) is 19.3 Å². The van der Waals surface area contributed by atoms with Gasteiger partial charge in [-0.25, -0.2) is 0 Å². The van der Waals surface area contributed by atoms with Crippen LogP contribution in [0.1, 0.15) is 43.0 Å². The molecule has 0 spiro atoms. The fourth-order valence-electron chi connectivity index (χ4n) is 1.52. The van der Waals surface area contributed by atoms with E-state index in [-0.39, 0.29) is 5.91 Å². The maximum Gasteiger partial charge on any atom is 0.252 e. The molecule has 0 bridgehead atoms. The van der Waals surface area contributed by atoms with E-state index >= 15 is 0 Å². The lowest BCUT2D eigenvalue weighted by molar-refractivity contribution is 0.0952. The third-order valence-electron chi connectivity index (χ3n) is 2.49. The number of carbonyl (C=O) groups excluding carboxylic acids is 1. The molecule has 1 aromatic rings. The SMILES string of the molecule is CCCCCCNC(=O)c1cc(Br)ccc1Br. The summed E-state index contributed by atoms with van der Waals surface area (Å²) in [5, 5.41) is 2.94. The molecular weight excluding hydrogens is 346 g/mol. The molecule has 0 atom stereocenters. The zero-order valence-electron chi connectivity index (χ0n) is 9.93. The van der Waals surface area contributed by atoms with Crippen LogP contribution >= 0.6 is 31.9 Å². The first-order chi connectivity index (χ1) is 8.15. The molecule has 2 nitrogen and oxygen atoms in total. The molecule has 0 aliphatic rings. The predicted molar refractivity (Wildman–Crippen MR) is 78.3 cm³/mol. The van der Waals surface area contributed by atoms with Crippen molar-refractivity contribution < 1.29 is 4.79 Å². The number of hydrogen-bond donors (Lipinski definition) is 1. The lowest BCUT2D eigenvalue weighted by Gasteiger charge is -2.07. The van der Waals surface area contributed by atoms with Gasteiger partial charge < -0.3 is 5.32 Å². The fourth-order valence-corrected chi connectivity index (χ4v) is 2.31. The summed E-state index contributed by atoms with van der Waals surface area (Å²) in [6, 6.07) is 5.60. The van der Waals surface area contributed by atoms with Crippen LogP contribution in [0.2, 0.25) is 0 Å². The summed E-state index contributed by atoms with van der Waals surface area (Å²) in [5.74, 6) is -0.0188. The van der Waals surface area contributed by atoms with Crippen LogP contribution in [0.25, 0.3) is 0 Å². The number of amides is 1. The monoisotopic (exact) mass is 361 g/mol. The third-order valence-corrected chi connectivity index (χ3v) is 3.67. The van der Waals surface area contributed by atoms with Crippen molar-refractivity contribution in [1.82, 2.24) is 5.32 Å². The van der Waals surface area contributed by atoms with Gasteiger partial charge in [0.1, 0.15) is 0 Å². The minimum absolute atomic E-state index is 0.0188. The number of halogens is 2. The maximum atomic E-state index is 11.9. The molecule has 94 valence electrons. The smallest absolute Gasteiger partial charge is 0.252 e. The highest BCUT2D eigenvalue weighted by molar-refractivity contribution is 9.11. The number of unbranched alkanes of at least 4 members (excludes halogenated alkanes) is 3. The van der Waals surface area contributed by atoms with Gasteiger partial charge in [-0.1, -0.05) is 42.1 Å². The van der Waals surface area contributed by atoms with E-state index in [4.69, 9.17) is 0 Å². The van der Waals surface area contributed by atoms with Crippen molar-refractivity contribution in [3.63, 3.8) is 0 Å². The van der Waals surface area contributed by atoms with Crippen LogP contribution in [0.3, 0.4) is 0 Å². The topological polar surface area (TPSA) is 29.1 Å². The molecule has 0 aliphatic heterocycles. The van der Waals surface area contributed by atoms with E-state index in [1.54, 1.807) is 0 Å². The van der Waals surface area contributed by atoms with Gasteiger partial charge in [0.2, 0.25) is 0 Å². The minimum atomic E-state index is -0.0188. The molecule has 0 radical (unpaired) electrons. The van der Waals surface area contributed by atoms with Crippen molar-refractivity contribution in [2.45, 2.75) is 32.6 Å². The van der Waals surface area contributed by atoms with Crippen LogP contribution in [-0.4, -0.2) is 12.5 Å². The Balaban J connectivity index is 2.44. The highest BCUT2D eigenvalue weighted by Gasteiger charge is 2.09. The Morgan fingerprint density at radius 2 is 2.00 bits per heavy atom. The average Bonchev–Trinajstić information content (AvgIpc) is 2.32. The quantitative estimate of drug-likeness (QED) is 0.740. The summed E-state index contributed by atoms with van der Waals surface area (Å²) in [6.45, 7) is 2.93. The van der Waals surface area contributed by atoms with Crippen LogP contribution in [-0.2, 0) is 0 Å². The van der Waals surface area contributed by atoms with Gasteiger partial charge in [0.05, 0.1) is 5.56 Å². The van der Waals surface area contributed by atoms with Gasteiger partial charge in [0.15, 0.2) is 0 Å². The van der Waals surface area contributed by atoms with E-state index in [2.05, 4.69) is 44.1 Å². The normalized spacial score (nSPS) is 10.3. The number of rotatable bonds is 6. The lowest BCUT2D eigenvalue weighted by Crippen LogP contribution is -2.24. The van der Waals surface area contributed by atoms with Gasteiger partial charge in [0, 0.05) is 15.5 Å². The van der Waals surface area contributed by atoms with Gasteiger partial charge in [-0.2, -0.15) is 0 Å². The van der Waals surface area contributed by atoms with Gasteiger partial charge in [-0.15, -0.1) is 0 Å². The summed E-state index contributed by atoms with van der Waals surface area (Å²) < 4.78 is 1.74. The first-order valence-corrected chi connectivity index (χ1v) is 7.47. The molecule has 4 heteroatoms. The number of hydrogen-bond acceptors (Lipinski definition) is 1. The summed E-state index contributed by atoms with van der Waals surface area (Å²) in [7, 11) is 0. The highest BCUT2D eigenvalue weighted by atomic mass is 79.9. The summed E-state index contributed by atoms with van der Waals surface area (Å²) in [5.41, 5.74) is 0.676. The largest absolute Gasteiger partial charge is 0.352 e. The summed E-state index contributed by atoms with van der Waals surface area (Å²) >= 11 is 6.75. The zero-order valence-corrected chi connectivity index (χ0v) is 13.1. The van der Waals surface area contributed by atoms with E-state index in [0.717, 1.165) is 21.9 Å². The molecule has 1 rings (SSSR count). The molecule has 17 heavy (non-hydrogen) atoms. The summed E-state index contributed by atoms with van der Waals surface area (Å²) in [4.78, 5) is 11.9. The van der Waals surface area contributed by atoms with E-state index in [1.807, 2.05) is 18.2 Å². The number of carbonyl (C=O) groups is 1. The molecule has 1 aromatic carbocycles. The molecule has 0 unspecified atom stereocenters. The van der Waals surface area contributed by atoms with Gasteiger partial charge in [0.25, 0.3) is 5.91 Å². The first kappa shape index (κ1) is 14.7. The average molecular weight is 363 g/mol. The molecule has 0 heterocycles. The Morgan fingerprint density at radius 1 is 1.24 bits per heavy atom. The van der Waals surface area contributed by atoms with Crippen molar-refractivity contribution in [1.29, 1.82) is 0 Å². The number of benzene rings is 1. The van der Waals surface area contributed by atoms with E-state index < -0.39 is 0 Å². The Hall–Kier alpha value is -0.350. The van der Waals surface area contributed by atoms with Crippen LogP contribution in [0.4, 0.5) is 0 Å². The molecule has 1 N–H and O–H groups in total. The molecular formula is C13H17Br2NO. The Labute approximate surface area is 119 Å². The molecule has 0 fully saturated rings. The minimum Gasteiger partial charge on any atom is -0.352 e. The van der Waals surface area contributed by atoms with Gasteiger partial charge in [-0.3, -0.25) is 4.79 Å². The first-order valence-electron chi connectivity index (χ1n) is 5.88. The van der Waals surface area contributed by atoms with E-state index in [9.17, 15) is 4.79 Å². The van der Waals surface area contributed by atoms with Gasteiger partial charge in [-0.05, 0) is 40.5 Å². The Morgan fingerprint density at radius 3 is 2.71 bits per heavy atom. The predicted octanol–water partition coefficient (Wildman–Crippen LogP) is 4.52. The molecule has 0 aliphatic carbocycles. The Kier molecular flexibility index (Phi) is 6.82. The zero-order chi connectivity index (χ0) is 12.7. The summed E-state index contributed by atoms with van der Waals surface area (Å²) in [6.07, 6.45) is 4.67. The van der Waals surface area contributed by atoms with Crippen LogP contribution in [0.5, 0.6) is 0 Å². The van der Waals surface area contributed by atoms with Crippen LogP contribution in [0, 0.1) is 0 Å². The molecule has 1 amide bonds. The van der Waals surface area contributed by atoms with Crippen molar-refractivity contribution >= 4 is 37.8 Å². The molecule has 0 saturated heterocycles. The fraction of sp³-hybridized carbons (Fsp3) is 0.462. The standard InChI is InChI=1S/C13H17Br2NO/c1-2-3-4-5-8-16-13(17)11-9-10(14)6-7-12(11)15/h6-7,9H,2-5,8H2,1H3,(H,16,17). The molecule has 0 aromatic heterocycles. The number of nitrogens with one attached hydrogen (secondary N) is 1. The lowest BCUT2D eigenvalue weighted by atomic mass is 10.2. The van der Waals surface area contributed by atoms with Crippen LogP contribution < -0.4 is 5.32 Å². The van der Waals surface area contributed by atoms with Crippen LogP contribution in [0.15, 0.2) is 27.1 Å². The van der Waals surface area contributed by atoms with Crippen molar-refractivity contribution in [2.75, 3.05) is 6.54 Å². The molecule has 0 saturated carbocycles. The van der Waals surface area contributed by atoms with Crippen molar-refractivity contribution in [3.8, 4) is 0 Å². The van der Waals surface area contributed by atoms with Crippen molar-refractivity contribution in [2.24, 2.45) is 0 Å². The second-order valence-electron chi connectivity index (χ2n) is 3.94.